The number of rotatable bonds is 1. The Morgan fingerprint density at radius 2 is 1.96 bits per heavy atom. The zero-order chi connectivity index (χ0) is 17.8. The van der Waals surface area contributed by atoms with Crippen molar-refractivity contribution in [3.05, 3.63) is 29.8 Å². The Kier molecular flexibility index (Phi) is 3.85. The van der Waals surface area contributed by atoms with Crippen molar-refractivity contribution in [2.45, 2.75) is 52.3 Å². The highest BCUT2D eigenvalue weighted by molar-refractivity contribution is 5.90. The number of alkyl halides is 3. The van der Waals surface area contributed by atoms with Crippen molar-refractivity contribution in [1.82, 2.24) is 4.90 Å². The number of nitrogens with one attached hydrogen (secondary N) is 1. The summed E-state index contributed by atoms with van der Waals surface area (Å²) in [6.45, 7) is 7.28. The number of halogens is 3. The molecule has 2 amide bonds. The molecular weight excluding hydrogens is 317 g/mol. The molecular formula is C18H23F3N2O. The molecule has 1 aromatic rings. The fourth-order valence-electron chi connectivity index (χ4n) is 4.67. The van der Waals surface area contributed by atoms with E-state index in [0.717, 1.165) is 31.4 Å². The average molecular weight is 340 g/mol. The number of anilines is 1. The molecule has 1 saturated carbocycles. The molecule has 1 aliphatic carbocycles. The zero-order valence-electron chi connectivity index (χ0n) is 14.2. The van der Waals surface area contributed by atoms with E-state index in [1.807, 2.05) is 0 Å². The largest absolute Gasteiger partial charge is 0.416 e. The predicted octanol–water partition coefficient (Wildman–Crippen LogP) is 5.14. The van der Waals surface area contributed by atoms with Crippen LogP contribution in [-0.4, -0.2) is 23.5 Å². The fourth-order valence-corrected chi connectivity index (χ4v) is 4.67. The lowest BCUT2D eigenvalue weighted by atomic mass is 9.65. The van der Waals surface area contributed by atoms with E-state index >= 15 is 0 Å². The van der Waals surface area contributed by atoms with Crippen LogP contribution in [0.25, 0.3) is 0 Å². The molecule has 3 nitrogen and oxygen atoms in total. The van der Waals surface area contributed by atoms with Crippen molar-refractivity contribution < 1.29 is 18.0 Å². The van der Waals surface area contributed by atoms with Crippen LogP contribution >= 0.6 is 0 Å². The van der Waals surface area contributed by atoms with Gasteiger partial charge in [-0.15, -0.1) is 0 Å². The summed E-state index contributed by atoms with van der Waals surface area (Å²) in [4.78, 5) is 14.4. The monoisotopic (exact) mass is 340 g/mol. The standard InChI is InChI=1S/C18H23F3N2O/c1-16(2)8-14-9-17(3,10-16)11-23(14)15(24)22-13-6-4-5-12(7-13)18(19,20)21/h4-7,14H,8-11H2,1-3H3,(H,22,24)/t14-,17-/m1/s1. The molecule has 1 heterocycles. The Bertz CT molecular complexity index is 656. The van der Waals surface area contributed by atoms with Crippen molar-refractivity contribution in [1.29, 1.82) is 0 Å². The molecule has 2 bridgehead atoms. The Hall–Kier alpha value is -1.72. The summed E-state index contributed by atoms with van der Waals surface area (Å²) in [6, 6.07) is 4.63. The van der Waals surface area contributed by atoms with Gasteiger partial charge >= 0.3 is 12.2 Å². The van der Waals surface area contributed by atoms with Crippen molar-refractivity contribution >= 4 is 11.7 Å². The van der Waals surface area contributed by atoms with Crippen LogP contribution in [0.3, 0.4) is 0 Å². The van der Waals surface area contributed by atoms with E-state index in [0.29, 0.717) is 6.54 Å². The Balaban J connectivity index is 1.75. The second-order valence-corrected chi connectivity index (χ2v) is 8.35. The molecule has 0 unspecified atom stereocenters. The summed E-state index contributed by atoms with van der Waals surface area (Å²) in [6.07, 6.45) is -1.46. The van der Waals surface area contributed by atoms with E-state index in [1.165, 1.54) is 12.1 Å². The average Bonchev–Trinajstić information content (AvgIpc) is 2.67. The smallest absolute Gasteiger partial charge is 0.321 e. The molecule has 24 heavy (non-hydrogen) atoms. The summed E-state index contributed by atoms with van der Waals surface area (Å²) >= 11 is 0. The van der Waals surface area contributed by atoms with E-state index in [1.54, 1.807) is 4.90 Å². The van der Waals surface area contributed by atoms with Crippen LogP contribution in [0.2, 0.25) is 0 Å². The zero-order valence-corrected chi connectivity index (χ0v) is 14.2. The number of urea groups is 1. The number of benzene rings is 1. The van der Waals surface area contributed by atoms with Crippen molar-refractivity contribution in [2.75, 3.05) is 11.9 Å². The van der Waals surface area contributed by atoms with Crippen LogP contribution in [0.15, 0.2) is 24.3 Å². The van der Waals surface area contributed by atoms with Gasteiger partial charge in [-0.25, -0.2) is 4.79 Å². The van der Waals surface area contributed by atoms with Gasteiger partial charge in [-0.05, 0) is 48.3 Å². The van der Waals surface area contributed by atoms with Crippen LogP contribution in [0, 0.1) is 10.8 Å². The van der Waals surface area contributed by atoms with Crippen LogP contribution in [0.5, 0.6) is 0 Å². The quantitative estimate of drug-likeness (QED) is 0.754. The number of fused-ring (bicyclic) bond motifs is 2. The lowest BCUT2D eigenvalue weighted by Crippen LogP contribution is -2.40. The first-order valence-corrected chi connectivity index (χ1v) is 8.22. The first-order valence-electron chi connectivity index (χ1n) is 8.22. The molecule has 0 spiro atoms. The van der Waals surface area contributed by atoms with Gasteiger partial charge in [0.2, 0.25) is 0 Å². The van der Waals surface area contributed by atoms with Gasteiger partial charge in [0.15, 0.2) is 0 Å². The highest BCUT2D eigenvalue weighted by Gasteiger charge is 2.51. The summed E-state index contributed by atoms with van der Waals surface area (Å²) < 4.78 is 38.4. The third-order valence-corrected chi connectivity index (χ3v) is 5.12. The van der Waals surface area contributed by atoms with Crippen LogP contribution in [-0.2, 0) is 6.18 Å². The number of carbonyl (C=O) groups excluding carboxylic acids is 1. The summed E-state index contributed by atoms with van der Waals surface area (Å²) in [5.41, 5.74) is -0.297. The van der Waals surface area contributed by atoms with E-state index in [-0.39, 0.29) is 28.6 Å². The minimum Gasteiger partial charge on any atom is -0.321 e. The molecule has 1 aromatic carbocycles. The van der Waals surface area contributed by atoms with Gasteiger partial charge in [0.1, 0.15) is 0 Å². The van der Waals surface area contributed by atoms with Gasteiger partial charge in [-0.1, -0.05) is 26.8 Å². The van der Waals surface area contributed by atoms with E-state index in [4.69, 9.17) is 0 Å². The molecule has 0 aromatic heterocycles. The van der Waals surface area contributed by atoms with E-state index in [2.05, 4.69) is 26.1 Å². The first kappa shape index (κ1) is 17.1. The van der Waals surface area contributed by atoms with Gasteiger partial charge in [0, 0.05) is 18.3 Å². The molecule has 1 aliphatic heterocycles. The minimum absolute atomic E-state index is 0.0948. The second kappa shape index (κ2) is 5.39. The highest BCUT2D eigenvalue weighted by Crippen LogP contribution is 2.52. The van der Waals surface area contributed by atoms with Gasteiger partial charge in [-0.3, -0.25) is 0 Å². The van der Waals surface area contributed by atoms with Crippen molar-refractivity contribution in [3.63, 3.8) is 0 Å². The molecule has 6 heteroatoms. The van der Waals surface area contributed by atoms with Gasteiger partial charge in [0.25, 0.3) is 0 Å². The molecule has 1 saturated heterocycles. The maximum Gasteiger partial charge on any atom is 0.416 e. The number of hydrogen-bond donors (Lipinski definition) is 1. The van der Waals surface area contributed by atoms with Crippen LogP contribution in [0.1, 0.15) is 45.6 Å². The summed E-state index contributed by atoms with van der Waals surface area (Å²) in [7, 11) is 0. The van der Waals surface area contributed by atoms with Crippen molar-refractivity contribution in [2.24, 2.45) is 10.8 Å². The molecule has 0 radical (unpaired) electrons. The number of nitrogens with zero attached hydrogens (tertiary/aromatic N) is 1. The molecule has 3 rings (SSSR count). The molecule has 2 aliphatic rings. The summed E-state index contributed by atoms with van der Waals surface area (Å²) in [5.74, 6) is 0. The number of hydrogen-bond acceptors (Lipinski definition) is 1. The molecule has 1 N–H and O–H groups in total. The first-order chi connectivity index (χ1) is 11.0. The van der Waals surface area contributed by atoms with E-state index < -0.39 is 11.7 Å². The van der Waals surface area contributed by atoms with Gasteiger partial charge in [0.05, 0.1) is 5.56 Å². The van der Waals surface area contributed by atoms with Gasteiger partial charge in [-0.2, -0.15) is 13.2 Å². The molecule has 2 fully saturated rings. The lowest BCUT2D eigenvalue weighted by molar-refractivity contribution is -0.137. The van der Waals surface area contributed by atoms with E-state index in [9.17, 15) is 18.0 Å². The third-order valence-electron chi connectivity index (χ3n) is 5.12. The fraction of sp³-hybridized carbons (Fsp3) is 0.611. The maximum atomic E-state index is 12.8. The Labute approximate surface area is 140 Å². The normalized spacial score (nSPS) is 28.8. The number of likely N-dealkylation sites (tertiary alicyclic amines) is 1. The number of carbonyl (C=O) groups is 1. The van der Waals surface area contributed by atoms with Crippen LogP contribution < -0.4 is 5.32 Å². The third kappa shape index (κ3) is 3.37. The highest BCUT2D eigenvalue weighted by atomic mass is 19.4. The van der Waals surface area contributed by atoms with Crippen LogP contribution in [0.4, 0.5) is 23.7 Å². The minimum atomic E-state index is -4.41. The maximum absolute atomic E-state index is 12.8. The van der Waals surface area contributed by atoms with Gasteiger partial charge < -0.3 is 10.2 Å². The summed E-state index contributed by atoms with van der Waals surface area (Å²) in [5, 5.41) is 2.64. The number of amides is 2. The Morgan fingerprint density at radius 1 is 1.25 bits per heavy atom. The topological polar surface area (TPSA) is 32.3 Å². The Morgan fingerprint density at radius 3 is 2.62 bits per heavy atom. The molecule has 2 atom stereocenters. The predicted molar refractivity (Wildman–Crippen MR) is 86.7 cm³/mol. The SMILES string of the molecule is CC1(C)C[C@@H]2C[C@@](C)(CN2C(=O)Nc2cccc(C(F)(F)F)c2)C1. The lowest BCUT2D eigenvalue weighted by Gasteiger charge is -2.39. The second-order valence-electron chi connectivity index (χ2n) is 8.35. The molecule has 132 valence electrons. The van der Waals surface area contributed by atoms with Crippen molar-refractivity contribution in [3.8, 4) is 0 Å².